The van der Waals surface area contributed by atoms with Gasteiger partial charge in [0.15, 0.2) is 5.13 Å². The smallest absolute Gasteiger partial charge is 0.273 e. The van der Waals surface area contributed by atoms with Crippen molar-refractivity contribution in [3.8, 4) is 5.75 Å². The first-order valence-electron chi connectivity index (χ1n) is 10.0. The molecule has 6 nitrogen and oxygen atoms in total. The third kappa shape index (κ3) is 4.57. The van der Waals surface area contributed by atoms with Crippen molar-refractivity contribution in [3.63, 3.8) is 0 Å². The molecule has 0 unspecified atom stereocenters. The number of anilines is 2. The van der Waals surface area contributed by atoms with Crippen molar-refractivity contribution < 1.29 is 9.53 Å². The van der Waals surface area contributed by atoms with E-state index >= 15 is 0 Å². The van der Waals surface area contributed by atoms with Crippen molar-refractivity contribution in [2.24, 2.45) is 0 Å². The molecule has 0 atom stereocenters. The fraction of sp³-hybridized carbons (Fsp3) is 0.304. The van der Waals surface area contributed by atoms with Gasteiger partial charge in [-0.25, -0.2) is 4.98 Å². The normalized spacial score (nSPS) is 13.9. The highest BCUT2D eigenvalue weighted by Crippen LogP contribution is 2.25. The van der Waals surface area contributed by atoms with E-state index in [4.69, 9.17) is 4.74 Å². The molecule has 0 radical (unpaired) electrons. The van der Waals surface area contributed by atoms with Gasteiger partial charge in [-0.15, -0.1) is 11.3 Å². The lowest BCUT2D eigenvalue weighted by Crippen LogP contribution is -2.46. The molecule has 0 saturated carbocycles. The van der Waals surface area contributed by atoms with Gasteiger partial charge in [-0.1, -0.05) is 30.3 Å². The second kappa shape index (κ2) is 9.17. The minimum atomic E-state index is -0.0433. The third-order valence-corrected chi connectivity index (χ3v) is 6.21. The van der Waals surface area contributed by atoms with E-state index in [1.807, 2.05) is 54.9 Å². The van der Waals surface area contributed by atoms with E-state index in [0.29, 0.717) is 12.2 Å². The zero-order valence-corrected chi connectivity index (χ0v) is 18.1. The lowest BCUT2D eigenvalue weighted by Gasteiger charge is -2.36. The molecule has 0 N–H and O–H groups in total. The minimum absolute atomic E-state index is 0.0433. The number of hydrogen-bond donors (Lipinski definition) is 0. The van der Waals surface area contributed by atoms with Gasteiger partial charge in [0.05, 0.1) is 7.11 Å². The fourth-order valence-electron chi connectivity index (χ4n) is 3.58. The molecule has 30 heavy (non-hydrogen) atoms. The predicted octanol–water partition coefficient (Wildman–Crippen LogP) is 3.75. The Labute approximate surface area is 181 Å². The summed E-state index contributed by atoms with van der Waals surface area (Å²) < 4.78 is 5.24. The van der Waals surface area contributed by atoms with E-state index in [0.717, 1.165) is 42.6 Å². The molecule has 2 heterocycles. The zero-order valence-electron chi connectivity index (χ0n) is 17.3. The minimum Gasteiger partial charge on any atom is -0.497 e. The SMILES string of the molecule is COc1ccc(N2CCN(c3nc(C(=O)N(C)Cc4ccccc4)cs3)CC2)cc1. The standard InChI is InChI=1S/C23H26N4O2S/c1-25(16-18-6-4-3-5-7-18)22(28)21-17-30-23(24-21)27-14-12-26(13-15-27)19-8-10-20(29-2)11-9-19/h3-11,17H,12-16H2,1-2H3. The Balaban J connectivity index is 1.34. The van der Waals surface area contributed by atoms with Crippen molar-refractivity contribution in [3.05, 3.63) is 71.2 Å². The summed E-state index contributed by atoms with van der Waals surface area (Å²) in [5, 5.41) is 2.79. The number of piperazine rings is 1. The molecular weight excluding hydrogens is 396 g/mol. The number of carbonyl (C=O) groups is 1. The van der Waals surface area contributed by atoms with Crippen LogP contribution in [0.4, 0.5) is 10.8 Å². The second-order valence-corrected chi connectivity index (χ2v) is 8.17. The summed E-state index contributed by atoms with van der Waals surface area (Å²) in [5.74, 6) is 0.827. The van der Waals surface area contributed by atoms with E-state index in [9.17, 15) is 4.79 Å². The van der Waals surface area contributed by atoms with Gasteiger partial charge < -0.3 is 19.4 Å². The Hall–Kier alpha value is -3.06. The van der Waals surface area contributed by atoms with Gasteiger partial charge in [0, 0.05) is 50.8 Å². The van der Waals surface area contributed by atoms with Crippen molar-refractivity contribution >= 4 is 28.1 Å². The highest BCUT2D eigenvalue weighted by atomic mass is 32.1. The molecule has 3 aromatic rings. The van der Waals surface area contributed by atoms with Crippen LogP contribution in [0.5, 0.6) is 5.75 Å². The molecule has 1 aromatic heterocycles. The maximum atomic E-state index is 12.8. The molecule has 0 bridgehead atoms. The molecule has 1 fully saturated rings. The summed E-state index contributed by atoms with van der Waals surface area (Å²) in [7, 11) is 3.50. The van der Waals surface area contributed by atoms with Crippen molar-refractivity contribution in [2.45, 2.75) is 6.54 Å². The van der Waals surface area contributed by atoms with Crippen LogP contribution in [0, 0.1) is 0 Å². The van der Waals surface area contributed by atoms with Crippen LogP contribution >= 0.6 is 11.3 Å². The lowest BCUT2D eigenvalue weighted by molar-refractivity contribution is 0.0780. The summed E-state index contributed by atoms with van der Waals surface area (Å²) >= 11 is 1.54. The molecule has 1 amide bonds. The summed E-state index contributed by atoms with van der Waals surface area (Å²) in [5.41, 5.74) is 2.83. The number of nitrogens with zero attached hydrogens (tertiary/aromatic N) is 4. The van der Waals surface area contributed by atoms with E-state index in [-0.39, 0.29) is 5.91 Å². The predicted molar refractivity (Wildman–Crippen MR) is 122 cm³/mol. The van der Waals surface area contributed by atoms with Crippen LogP contribution in [0.15, 0.2) is 60.0 Å². The Morgan fingerprint density at radius 2 is 1.70 bits per heavy atom. The number of aromatic nitrogens is 1. The summed E-state index contributed by atoms with van der Waals surface area (Å²) in [6.45, 7) is 4.18. The first kappa shape index (κ1) is 20.2. The van der Waals surface area contributed by atoms with Gasteiger partial charge in [0.1, 0.15) is 11.4 Å². The van der Waals surface area contributed by atoms with E-state index in [1.165, 1.54) is 5.69 Å². The number of ether oxygens (including phenoxy) is 1. The number of thiazole rings is 1. The quantitative estimate of drug-likeness (QED) is 0.606. The van der Waals surface area contributed by atoms with Crippen LogP contribution in [0.1, 0.15) is 16.1 Å². The maximum Gasteiger partial charge on any atom is 0.273 e. The second-order valence-electron chi connectivity index (χ2n) is 7.33. The van der Waals surface area contributed by atoms with E-state index < -0.39 is 0 Å². The van der Waals surface area contributed by atoms with Crippen LogP contribution in [-0.4, -0.2) is 56.1 Å². The number of rotatable bonds is 6. The molecule has 7 heteroatoms. The lowest BCUT2D eigenvalue weighted by atomic mass is 10.2. The fourth-order valence-corrected chi connectivity index (χ4v) is 4.43. The Morgan fingerprint density at radius 1 is 1.03 bits per heavy atom. The average Bonchev–Trinajstić information content (AvgIpc) is 3.30. The molecule has 1 saturated heterocycles. The topological polar surface area (TPSA) is 48.9 Å². The summed E-state index contributed by atoms with van der Waals surface area (Å²) in [6.07, 6.45) is 0. The molecule has 2 aromatic carbocycles. The monoisotopic (exact) mass is 422 g/mol. The molecule has 156 valence electrons. The molecular formula is C23H26N4O2S. The highest BCUT2D eigenvalue weighted by Gasteiger charge is 2.22. The Morgan fingerprint density at radius 3 is 2.37 bits per heavy atom. The largest absolute Gasteiger partial charge is 0.497 e. The Bertz CT molecular complexity index is 966. The van der Waals surface area contributed by atoms with Crippen LogP contribution < -0.4 is 14.5 Å². The van der Waals surface area contributed by atoms with Gasteiger partial charge in [-0.05, 0) is 29.8 Å². The molecule has 1 aliphatic rings. The van der Waals surface area contributed by atoms with E-state index in [2.05, 4.69) is 26.9 Å². The number of amides is 1. The van der Waals surface area contributed by atoms with Crippen molar-refractivity contribution in [2.75, 3.05) is 50.1 Å². The van der Waals surface area contributed by atoms with Gasteiger partial charge in [-0.3, -0.25) is 4.79 Å². The van der Waals surface area contributed by atoms with Gasteiger partial charge in [-0.2, -0.15) is 0 Å². The van der Waals surface area contributed by atoms with Crippen LogP contribution in [-0.2, 0) is 6.54 Å². The third-order valence-electron chi connectivity index (χ3n) is 5.31. The van der Waals surface area contributed by atoms with Crippen molar-refractivity contribution in [1.29, 1.82) is 0 Å². The van der Waals surface area contributed by atoms with Gasteiger partial charge >= 0.3 is 0 Å². The maximum absolute atomic E-state index is 12.8. The van der Waals surface area contributed by atoms with Gasteiger partial charge in [0.25, 0.3) is 5.91 Å². The number of methoxy groups -OCH3 is 1. The summed E-state index contributed by atoms with van der Waals surface area (Å²) in [6, 6.07) is 18.2. The number of hydrogen-bond acceptors (Lipinski definition) is 6. The molecule has 4 rings (SSSR count). The zero-order chi connectivity index (χ0) is 20.9. The molecule has 0 aliphatic carbocycles. The van der Waals surface area contributed by atoms with E-state index in [1.54, 1.807) is 23.3 Å². The Kier molecular flexibility index (Phi) is 6.18. The number of benzene rings is 2. The average molecular weight is 423 g/mol. The molecule has 0 spiro atoms. The van der Waals surface area contributed by atoms with Crippen LogP contribution in [0.25, 0.3) is 0 Å². The van der Waals surface area contributed by atoms with Crippen LogP contribution in [0.3, 0.4) is 0 Å². The first-order valence-corrected chi connectivity index (χ1v) is 10.9. The van der Waals surface area contributed by atoms with Crippen LogP contribution in [0.2, 0.25) is 0 Å². The van der Waals surface area contributed by atoms with Gasteiger partial charge in [0.2, 0.25) is 0 Å². The summed E-state index contributed by atoms with van der Waals surface area (Å²) in [4.78, 5) is 23.7. The van der Waals surface area contributed by atoms with Crippen molar-refractivity contribution in [1.82, 2.24) is 9.88 Å². The molecule has 1 aliphatic heterocycles. The first-order chi connectivity index (χ1) is 14.6. The highest BCUT2D eigenvalue weighted by molar-refractivity contribution is 7.13. The number of carbonyl (C=O) groups excluding carboxylic acids is 1.